The van der Waals surface area contributed by atoms with Crippen molar-refractivity contribution in [3.05, 3.63) is 42.5 Å². The summed E-state index contributed by atoms with van der Waals surface area (Å²) in [5, 5.41) is 10.1. The highest BCUT2D eigenvalue weighted by Gasteiger charge is 2.42. The van der Waals surface area contributed by atoms with E-state index >= 15 is 0 Å². The van der Waals surface area contributed by atoms with Crippen LogP contribution in [0.3, 0.4) is 0 Å². The van der Waals surface area contributed by atoms with Crippen LogP contribution in [0, 0.1) is 6.92 Å². The number of rotatable bonds is 3. The van der Waals surface area contributed by atoms with E-state index in [0.29, 0.717) is 0 Å². The summed E-state index contributed by atoms with van der Waals surface area (Å²) >= 11 is 0. The summed E-state index contributed by atoms with van der Waals surface area (Å²) in [7, 11) is -3.71. The molecule has 1 aliphatic heterocycles. The maximum Gasteiger partial charge on any atom is 0.243 e. The van der Waals surface area contributed by atoms with Crippen LogP contribution in [0.5, 0.6) is 0 Å². The quantitative estimate of drug-likeness (QED) is 0.840. The molecule has 0 saturated carbocycles. The van der Waals surface area contributed by atoms with Crippen LogP contribution in [0.2, 0.25) is 0 Å². The Morgan fingerprint density at radius 3 is 2.50 bits per heavy atom. The molecule has 1 unspecified atom stereocenters. The predicted octanol–water partition coefficient (Wildman–Crippen LogP) is 0.876. The van der Waals surface area contributed by atoms with Crippen LogP contribution >= 0.6 is 0 Å². The number of aliphatic hydroxyl groups is 1. The highest BCUT2D eigenvalue weighted by Crippen LogP contribution is 2.25. The van der Waals surface area contributed by atoms with Crippen LogP contribution in [0.25, 0.3) is 0 Å². The number of ketones is 1. The number of carbonyl (C=O) groups excluding carboxylic acids is 1. The van der Waals surface area contributed by atoms with Crippen molar-refractivity contribution in [3.63, 3.8) is 0 Å². The summed E-state index contributed by atoms with van der Waals surface area (Å²) < 4.78 is 26.1. The fraction of sp³-hybridized carbons (Fsp3) is 0.357. The number of nitrogens with zero attached hydrogens (tertiary/aromatic N) is 1. The molecular formula is C14H17NO4S. The van der Waals surface area contributed by atoms with Gasteiger partial charge in [0.05, 0.1) is 11.4 Å². The molecular weight excluding hydrogens is 278 g/mol. The summed E-state index contributed by atoms with van der Waals surface area (Å²) in [6, 6.07) is 6.46. The van der Waals surface area contributed by atoms with Crippen molar-refractivity contribution >= 4 is 15.8 Å². The first kappa shape index (κ1) is 14.9. The van der Waals surface area contributed by atoms with E-state index in [1.807, 2.05) is 6.92 Å². The fourth-order valence-electron chi connectivity index (χ4n) is 2.12. The van der Waals surface area contributed by atoms with E-state index in [2.05, 4.69) is 6.58 Å². The molecule has 1 saturated heterocycles. The van der Waals surface area contributed by atoms with Gasteiger partial charge in [-0.05, 0) is 19.1 Å². The van der Waals surface area contributed by atoms with Crippen molar-refractivity contribution in [1.82, 2.24) is 4.31 Å². The van der Waals surface area contributed by atoms with Gasteiger partial charge in [0, 0.05) is 13.0 Å². The monoisotopic (exact) mass is 295 g/mol. The number of β-amino-alcohol motifs (C(OH)–C–C–N with tert-alkyl or cyclic N) is 1. The summed E-state index contributed by atoms with van der Waals surface area (Å²) in [5.74, 6) is -0.400. The number of sulfonamides is 1. The smallest absolute Gasteiger partial charge is 0.243 e. The molecule has 1 N–H and O–H groups in total. The number of benzene rings is 1. The standard InChI is InChI=1S/C14H17NO4S/c1-3-14(17)10-15(9-8-13(14)16)20(18,19)12-6-4-11(2)5-7-12/h3-7,17H,1,8-10H2,2H3. The zero-order chi connectivity index (χ0) is 15.0. The molecule has 20 heavy (non-hydrogen) atoms. The number of hydrogen-bond acceptors (Lipinski definition) is 4. The van der Waals surface area contributed by atoms with Crippen LogP contribution in [0.15, 0.2) is 41.8 Å². The van der Waals surface area contributed by atoms with E-state index in [4.69, 9.17) is 0 Å². The maximum absolute atomic E-state index is 12.5. The maximum atomic E-state index is 12.5. The Labute approximate surface area is 118 Å². The molecule has 0 radical (unpaired) electrons. The largest absolute Gasteiger partial charge is 0.377 e. The predicted molar refractivity (Wildman–Crippen MR) is 74.7 cm³/mol. The summed E-state index contributed by atoms with van der Waals surface area (Å²) in [6.45, 7) is 5.07. The number of piperidine rings is 1. The van der Waals surface area contributed by atoms with Gasteiger partial charge in [-0.2, -0.15) is 4.31 Å². The first-order valence-corrected chi connectivity index (χ1v) is 7.70. The number of Topliss-reactive ketones (excluding diaryl/α,β-unsaturated/α-hetero) is 1. The second-order valence-electron chi connectivity index (χ2n) is 4.95. The van der Waals surface area contributed by atoms with E-state index in [0.717, 1.165) is 15.9 Å². The van der Waals surface area contributed by atoms with E-state index in [-0.39, 0.29) is 24.4 Å². The van der Waals surface area contributed by atoms with Gasteiger partial charge in [0.1, 0.15) is 0 Å². The third kappa shape index (κ3) is 2.54. The number of aryl methyl sites for hydroxylation is 1. The molecule has 0 aromatic heterocycles. The molecule has 6 heteroatoms. The molecule has 2 rings (SSSR count). The lowest BCUT2D eigenvalue weighted by molar-refractivity contribution is -0.136. The molecule has 1 heterocycles. The van der Waals surface area contributed by atoms with Gasteiger partial charge in [0.15, 0.2) is 11.4 Å². The zero-order valence-electron chi connectivity index (χ0n) is 11.2. The highest BCUT2D eigenvalue weighted by molar-refractivity contribution is 7.89. The summed E-state index contributed by atoms with van der Waals surface area (Å²) in [4.78, 5) is 11.8. The fourth-order valence-corrected chi connectivity index (χ4v) is 3.60. The molecule has 1 atom stereocenters. The van der Waals surface area contributed by atoms with E-state index in [1.54, 1.807) is 12.1 Å². The van der Waals surface area contributed by atoms with Gasteiger partial charge < -0.3 is 5.11 Å². The van der Waals surface area contributed by atoms with Crippen molar-refractivity contribution in [1.29, 1.82) is 0 Å². The minimum absolute atomic E-state index is 0.0202. The molecule has 0 bridgehead atoms. The van der Waals surface area contributed by atoms with Gasteiger partial charge in [-0.15, -0.1) is 0 Å². The van der Waals surface area contributed by atoms with Gasteiger partial charge >= 0.3 is 0 Å². The highest BCUT2D eigenvalue weighted by atomic mass is 32.2. The Morgan fingerprint density at radius 1 is 1.35 bits per heavy atom. The SMILES string of the molecule is C=CC1(O)CN(S(=O)(=O)c2ccc(C)cc2)CCC1=O. The summed E-state index contributed by atoms with van der Waals surface area (Å²) in [5.41, 5.74) is -0.837. The molecule has 1 aliphatic rings. The van der Waals surface area contributed by atoms with E-state index in [1.165, 1.54) is 12.1 Å². The second-order valence-corrected chi connectivity index (χ2v) is 6.89. The normalized spacial score (nSPS) is 24.6. The minimum atomic E-state index is -3.71. The van der Waals surface area contributed by atoms with Gasteiger partial charge in [0.25, 0.3) is 0 Å². The molecule has 1 fully saturated rings. The van der Waals surface area contributed by atoms with Crippen LogP contribution in [0.1, 0.15) is 12.0 Å². The average Bonchev–Trinajstić information content (AvgIpc) is 2.42. The Balaban J connectivity index is 2.33. The first-order valence-electron chi connectivity index (χ1n) is 6.26. The first-order chi connectivity index (χ1) is 9.29. The second kappa shape index (κ2) is 5.12. The number of carbonyl (C=O) groups is 1. The Hall–Kier alpha value is -1.50. The Bertz CT molecular complexity index is 636. The van der Waals surface area contributed by atoms with Crippen molar-refractivity contribution in [2.45, 2.75) is 23.8 Å². The van der Waals surface area contributed by atoms with E-state index in [9.17, 15) is 18.3 Å². The van der Waals surface area contributed by atoms with Crippen LogP contribution < -0.4 is 0 Å². The third-order valence-electron chi connectivity index (χ3n) is 3.48. The molecule has 0 spiro atoms. The molecule has 108 valence electrons. The third-order valence-corrected chi connectivity index (χ3v) is 5.34. The van der Waals surface area contributed by atoms with Crippen molar-refractivity contribution in [2.24, 2.45) is 0 Å². The number of hydrogen-bond donors (Lipinski definition) is 1. The van der Waals surface area contributed by atoms with Crippen LogP contribution in [0.4, 0.5) is 0 Å². The average molecular weight is 295 g/mol. The van der Waals surface area contributed by atoms with Gasteiger partial charge in [0.2, 0.25) is 10.0 Å². The Morgan fingerprint density at radius 2 is 1.95 bits per heavy atom. The Kier molecular flexibility index (Phi) is 3.82. The van der Waals surface area contributed by atoms with Gasteiger partial charge in [-0.1, -0.05) is 30.4 Å². The van der Waals surface area contributed by atoms with Crippen molar-refractivity contribution in [3.8, 4) is 0 Å². The lowest BCUT2D eigenvalue weighted by Gasteiger charge is -2.35. The lowest BCUT2D eigenvalue weighted by atomic mass is 9.93. The van der Waals surface area contributed by atoms with Crippen LogP contribution in [-0.2, 0) is 14.8 Å². The summed E-state index contributed by atoms with van der Waals surface area (Å²) in [6.07, 6.45) is 1.08. The molecule has 1 aromatic carbocycles. The van der Waals surface area contributed by atoms with Gasteiger partial charge in [-0.3, -0.25) is 4.79 Å². The minimum Gasteiger partial charge on any atom is -0.377 e. The van der Waals surface area contributed by atoms with Crippen molar-refractivity contribution < 1.29 is 18.3 Å². The molecule has 1 aromatic rings. The lowest BCUT2D eigenvalue weighted by Crippen LogP contribution is -2.54. The van der Waals surface area contributed by atoms with E-state index < -0.39 is 21.4 Å². The van der Waals surface area contributed by atoms with Crippen LogP contribution in [-0.4, -0.2) is 42.3 Å². The molecule has 5 nitrogen and oxygen atoms in total. The molecule has 0 amide bonds. The van der Waals surface area contributed by atoms with Crippen molar-refractivity contribution in [2.75, 3.05) is 13.1 Å². The zero-order valence-corrected chi connectivity index (χ0v) is 12.1. The molecule has 0 aliphatic carbocycles. The van der Waals surface area contributed by atoms with Gasteiger partial charge in [-0.25, -0.2) is 8.42 Å². The topological polar surface area (TPSA) is 74.7 Å².